The highest BCUT2D eigenvalue weighted by molar-refractivity contribution is 5.68. The maximum Gasteiger partial charge on any atom is 0.410 e. The van der Waals surface area contributed by atoms with Crippen molar-refractivity contribution < 1.29 is 38.4 Å². The van der Waals surface area contributed by atoms with Gasteiger partial charge in [0.15, 0.2) is 11.6 Å². The molecule has 0 bridgehead atoms. The lowest BCUT2D eigenvalue weighted by atomic mass is 9.86. The number of piperidine rings is 1. The van der Waals surface area contributed by atoms with Gasteiger partial charge in [-0.15, -0.1) is 0 Å². The van der Waals surface area contributed by atoms with Gasteiger partial charge >= 0.3 is 12.1 Å². The number of carboxylic acid groups (broad SMARTS) is 1. The maximum atomic E-state index is 13.0. The van der Waals surface area contributed by atoms with Gasteiger partial charge in [-0.3, -0.25) is 14.9 Å². The van der Waals surface area contributed by atoms with Crippen molar-refractivity contribution >= 4 is 23.4 Å². The Bertz CT molecular complexity index is 1860. The number of likely N-dealkylation sites (tertiary alicyclic amines) is 1. The summed E-state index contributed by atoms with van der Waals surface area (Å²) in [6, 6.07) is 20.3. The number of carbonyl (C=O) groups excluding carboxylic acids is 1. The van der Waals surface area contributed by atoms with Gasteiger partial charge in [-0.2, -0.15) is 5.10 Å². The van der Waals surface area contributed by atoms with E-state index in [9.17, 15) is 9.59 Å². The van der Waals surface area contributed by atoms with E-state index in [0.29, 0.717) is 90.2 Å². The number of hydrogen-bond acceptors (Lipinski definition) is 12. The number of carbonyl (C=O) groups is 2. The summed E-state index contributed by atoms with van der Waals surface area (Å²) < 4.78 is 28.2. The van der Waals surface area contributed by atoms with Crippen molar-refractivity contribution in [3.8, 4) is 17.1 Å². The van der Waals surface area contributed by atoms with Gasteiger partial charge in [0.2, 0.25) is 0 Å². The van der Waals surface area contributed by atoms with Crippen molar-refractivity contribution in [3.05, 3.63) is 84.4 Å². The van der Waals surface area contributed by atoms with Crippen LogP contribution in [-0.2, 0) is 29.3 Å². The summed E-state index contributed by atoms with van der Waals surface area (Å²) in [6.45, 7) is 12.6. The van der Waals surface area contributed by atoms with Crippen LogP contribution in [0.2, 0.25) is 0 Å². The zero-order chi connectivity index (χ0) is 42.6. The Morgan fingerprint density at radius 2 is 1.47 bits per heavy atom. The third-order valence-corrected chi connectivity index (χ3v) is 10.0. The number of rotatable bonds is 25. The second-order valence-electron chi connectivity index (χ2n) is 16.0. The largest absolute Gasteiger partial charge is 0.494 e. The lowest BCUT2D eigenvalue weighted by Crippen LogP contribution is -2.50. The van der Waals surface area contributed by atoms with Gasteiger partial charge in [-0.05, 0) is 114 Å². The molecule has 1 atom stereocenters. The highest BCUT2D eigenvalue weighted by Crippen LogP contribution is 2.37. The molecule has 1 saturated heterocycles. The molecule has 1 aliphatic rings. The van der Waals surface area contributed by atoms with Crippen molar-refractivity contribution in [2.75, 3.05) is 70.0 Å². The molecule has 5 rings (SSSR count). The molecule has 4 aromatic rings. The molecular formula is C45H63N7O8. The molecule has 0 aliphatic carbocycles. The summed E-state index contributed by atoms with van der Waals surface area (Å²) >= 11 is 0. The molecule has 0 radical (unpaired) electrons. The number of anilines is 2. The van der Waals surface area contributed by atoms with Crippen molar-refractivity contribution in [2.45, 2.75) is 96.2 Å². The number of aromatic amines is 1. The number of amides is 1. The number of unbranched alkanes of at least 4 members (excludes halogenated alkanes) is 3. The van der Waals surface area contributed by atoms with Crippen LogP contribution in [-0.4, -0.2) is 107 Å². The van der Waals surface area contributed by atoms with Crippen LogP contribution in [0.3, 0.4) is 0 Å². The summed E-state index contributed by atoms with van der Waals surface area (Å²) in [7, 11) is 0. The molecule has 15 heteroatoms. The summed E-state index contributed by atoms with van der Waals surface area (Å²) in [5.74, 6) is 1.35. The Kier molecular flexibility index (Phi) is 18.0. The molecule has 326 valence electrons. The Hall–Kier alpha value is -5.25. The smallest absolute Gasteiger partial charge is 0.410 e. The number of aromatic nitrogens is 4. The Labute approximate surface area is 353 Å². The third-order valence-electron chi connectivity index (χ3n) is 10.0. The Balaban J connectivity index is 1.04. The molecule has 0 spiro atoms. The second kappa shape index (κ2) is 23.5. The van der Waals surface area contributed by atoms with Crippen LogP contribution < -0.4 is 15.4 Å². The van der Waals surface area contributed by atoms with Crippen LogP contribution in [0.1, 0.15) is 96.5 Å². The van der Waals surface area contributed by atoms with Crippen LogP contribution >= 0.6 is 0 Å². The number of hydrogen-bond donors (Lipinski definition) is 4. The SMILES string of the molecule is C[C@@H](Nc1cccc(NC2(c3nc(-c4ccncc4)n[nH]3)CCN(C(=O)OC(C)(C)C)CC2)c1)c1ccc(OCCCCCCOCCOCCOCCCC(=O)O)cc1. The number of pyridine rings is 1. The van der Waals surface area contributed by atoms with Crippen LogP contribution in [0.15, 0.2) is 73.1 Å². The van der Waals surface area contributed by atoms with Gasteiger partial charge < -0.3 is 44.3 Å². The summed E-state index contributed by atoms with van der Waals surface area (Å²) in [5, 5.41) is 23.8. The van der Waals surface area contributed by atoms with Gasteiger partial charge in [-0.1, -0.05) is 24.6 Å². The van der Waals surface area contributed by atoms with Gasteiger partial charge in [0.25, 0.3) is 0 Å². The fourth-order valence-electron chi connectivity index (χ4n) is 6.79. The zero-order valence-corrected chi connectivity index (χ0v) is 35.6. The summed E-state index contributed by atoms with van der Waals surface area (Å²) in [4.78, 5) is 34.3. The first kappa shape index (κ1) is 45.8. The van der Waals surface area contributed by atoms with Crippen molar-refractivity contribution in [1.82, 2.24) is 25.1 Å². The predicted molar refractivity (Wildman–Crippen MR) is 230 cm³/mol. The van der Waals surface area contributed by atoms with Crippen molar-refractivity contribution in [3.63, 3.8) is 0 Å². The fraction of sp³-hybridized carbons (Fsp3) is 0.533. The van der Waals surface area contributed by atoms with E-state index in [-0.39, 0.29) is 18.6 Å². The van der Waals surface area contributed by atoms with Crippen LogP contribution in [0, 0.1) is 0 Å². The monoisotopic (exact) mass is 829 g/mol. The first-order valence-corrected chi connectivity index (χ1v) is 21.1. The van der Waals surface area contributed by atoms with Gasteiger partial charge in [0.1, 0.15) is 16.9 Å². The van der Waals surface area contributed by atoms with Crippen molar-refractivity contribution in [2.24, 2.45) is 0 Å². The van der Waals surface area contributed by atoms with Gasteiger partial charge in [-0.25, -0.2) is 9.78 Å². The predicted octanol–water partition coefficient (Wildman–Crippen LogP) is 8.23. The molecule has 3 heterocycles. The number of nitrogens with zero attached hydrogens (tertiary/aromatic N) is 4. The van der Waals surface area contributed by atoms with E-state index in [4.69, 9.17) is 33.8 Å². The summed E-state index contributed by atoms with van der Waals surface area (Å²) in [5.41, 5.74) is 2.73. The summed E-state index contributed by atoms with van der Waals surface area (Å²) in [6.07, 6.45) is 9.10. The average Bonchev–Trinajstić information content (AvgIpc) is 3.74. The molecule has 0 saturated carbocycles. The molecule has 1 fully saturated rings. The fourth-order valence-corrected chi connectivity index (χ4v) is 6.79. The minimum Gasteiger partial charge on any atom is -0.494 e. The average molecular weight is 830 g/mol. The van der Waals surface area contributed by atoms with Gasteiger partial charge in [0, 0.05) is 68.1 Å². The van der Waals surface area contributed by atoms with E-state index < -0.39 is 17.1 Å². The number of carboxylic acids is 1. The van der Waals surface area contributed by atoms with E-state index in [0.717, 1.165) is 53.9 Å². The number of ether oxygens (including phenoxy) is 5. The number of H-pyrrole nitrogens is 1. The minimum atomic E-state index is -0.804. The molecule has 60 heavy (non-hydrogen) atoms. The molecule has 1 aliphatic heterocycles. The lowest BCUT2D eigenvalue weighted by Gasteiger charge is -2.41. The molecule has 4 N–H and O–H groups in total. The van der Waals surface area contributed by atoms with Crippen molar-refractivity contribution in [1.29, 1.82) is 0 Å². The minimum absolute atomic E-state index is 0.0437. The zero-order valence-electron chi connectivity index (χ0n) is 35.6. The Morgan fingerprint density at radius 1 is 0.833 bits per heavy atom. The Morgan fingerprint density at radius 3 is 2.13 bits per heavy atom. The molecule has 2 aromatic carbocycles. The molecule has 2 aromatic heterocycles. The quantitative estimate of drug-likeness (QED) is 0.0469. The first-order valence-electron chi connectivity index (χ1n) is 21.1. The van der Waals surface area contributed by atoms with E-state index in [1.165, 1.54) is 0 Å². The molecule has 0 unspecified atom stereocenters. The van der Waals surface area contributed by atoms with Gasteiger partial charge in [0.05, 0.1) is 33.0 Å². The van der Waals surface area contributed by atoms with E-state index in [1.54, 1.807) is 17.3 Å². The van der Waals surface area contributed by atoms with Crippen LogP contribution in [0.4, 0.5) is 16.2 Å². The van der Waals surface area contributed by atoms with E-state index in [1.807, 2.05) is 57.2 Å². The lowest BCUT2D eigenvalue weighted by molar-refractivity contribution is -0.137. The van der Waals surface area contributed by atoms with E-state index >= 15 is 0 Å². The number of benzene rings is 2. The normalized spacial score (nSPS) is 14.4. The van der Waals surface area contributed by atoms with Crippen LogP contribution in [0.25, 0.3) is 11.4 Å². The standard InChI is InChI=1S/C45H63N7O8/c1-34(35-14-16-39(17-15-35)59-28-8-6-5-7-26-56-29-31-58-32-30-57-27-10-13-40(53)54)47-37-11-9-12-38(33-37)49-45(20-24-52(25-21-45)43(55)60-44(2,3)4)42-48-41(50-51-42)36-18-22-46-23-19-36/h9,11-12,14-19,22-23,33-34,47,49H,5-8,10,13,20-21,24-32H2,1-4H3,(H,53,54)(H,48,50,51)/t34-/m1/s1. The molecule has 15 nitrogen and oxygen atoms in total. The highest BCUT2D eigenvalue weighted by Gasteiger charge is 2.41. The first-order chi connectivity index (χ1) is 29.0. The number of aliphatic carboxylic acids is 1. The van der Waals surface area contributed by atoms with E-state index in [2.05, 4.69) is 57.0 Å². The second-order valence-corrected chi connectivity index (χ2v) is 16.0. The molecule has 1 amide bonds. The molecular weight excluding hydrogens is 767 g/mol. The third kappa shape index (κ3) is 15.4. The highest BCUT2D eigenvalue weighted by atomic mass is 16.6. The van der Waals surface area contributed by atoms with Crippen LogP contribution in [0.5, 0.6) is 5.75 Å². The maximum absolute atomic E-state index is 13.0. The topological polar surface area (TPSA) is 182 Å². The number of nitrogens with one attached hydrogen (secondary N) is 3.